The topological polar surface area (TPSA) is 29.5 Å². The van der Waals surface area contributed by atoms with Crippen LogP contribution in [0.1, 0.15) is 23.7 Å². The molecule has 1 amide bonds. The van der Waals surface area contributed by atoms with E-state index in [9.17, 15) is 4.79 Å². The van der Waals surface area contributed by atoms with Gasteiger partial charge in [0, 0.05) is 29.7 Å². The van der Waals surface area contributed by atoms with Crippen molar-refractivity contribution >= 4 is 33.6 Å². The zero-order chi connectivity index (χ0) is 13.8. The van der Waals surface area contributed by atoms with Crippen molar-refractivity contribution in [1.29, 1.82) is 0 Å². The molecule has 1 aliphatic heterocycles. The summed E-state index contributed by atoms with van der Waals surface area (Å²) >= 11 is 5.39. The highest BCUT2D eigenvalue weighted by Crippen LogP contribution is 2.27. The van der Waals surface area contributed by atoms with Gasteiger partial charge in [0.15, 0.2) is 0 Å². The molecule has 0 radical (unpaired) electrons. The number of hydrogen-bond donors (Lipinski definition) is 0. The molecule has 1 atom stereocenters. The molecule has 1 unspecified atom stereocenters. The van der Waals surface area contributed by atoms with E-state index >= 15 is 0 Å². The fourth-order valence-corrected chi connectivity index (χ4v) is 3.85. The third-order valence-electron chi connectivity index (χ3n) is 3.28. The Kier molecular flexibility index (Phi) is 5.16. The standard InChI is InChI=1S/C14H18BrNO2S/c1-3-11-9-16(6-7-19-11)14(17)10-4-5-13(18-2)12(15)8-10/h4-5,8,11H,3,6-7,9H2,1-2H3. The largest absolute Gasteiger partial charge is 0.496 e. The SMILES string of the molecule is CCC1CN(C(=O)c2ccc(OC)c(Br)c2)CCS1. The zero-order valence-electron chi connectivity index (χ0n) is 11.2. The molecule has 5 heteroatoms. The molecule has 1 saturated heterocycles. The van der Waals surface area contributed by atoms with Crippen molar-refractivity contribution in [1.82, 2.24) is 4.90 Å². The molecule has 3 nitrogen and oxygen atoms in total. The lowest BCUT2D eigenvalue weighted by Crippen LogP contribution is -2.41. The first kappa shape index (κ1) is 14.7. The van der Waals surface area contributed by atoms with E-state index in [-0.39, 0.29) is 5.91 Å². The van der Waals surface area contributed by atoms with E-state index in [2.05, 4.69) is 22.9 Å². The lowest BCUT2D eigenvalue weighted by atomic mass is 10.1. The highest BCUT2D eigenvalue weighted by molar-refractivity contribution is 9.10. The van der Waals surface area contributed by atoms with Crippen LogP contribution in [0.3, 0.4) is 0 Å². The predicted octanol–water partition coefficient (Wildman–Crippen LogP) is 3.43. The van der Waals surface area contributed by atoms with Gasteiger partial charge >= 0.3 is 0 Å². The van der Waals surface area contributed by atoms with Crippen molar-refractivity contribution in [3.8, 4) is 5.75 Å². The molecular weight excluding hydrogens is 326 g/mol. The highest BCUT2D eigenvalue weighted by Gasteiger charge is 2.24. The summed E-state index contributed by atoms with van der Waals surface area (Å²) in [6, 6.07) is 5.49. The second kappa shape index (κ2) is 6.66. The van der Waals surface area contributed by atoms with Gasteiger partial charge in [-0.2, -0.15) is 11.8 Å². The third kappa shape index (κ3) is 3.45. The molecule has 1 fully saturated rings. The summed E-state index contributed by atoms with van der Waals surface area (Å²) in [7, 11) is 1.62. The van der Waals surface area contributed by atoms with Crippen molar-refractivity contribution in [2.75, 3.05) is 26.0 Å². The maximum Gasteiger partial charge on any atom is 0.253 e. The molecule has 1 aromatic rings. The van der Waals surface area contributed by atoms with Crippen molar-refractivity contribution in [3.63, 3.8) is 0 Å². The summed E-state index contributed by atoms with van der Waals surface area (Å²) in [4.78, 5) is 14.4. The van der Waals surface area contributed by atoms with Crippen LogP contribution in [0, 0.1) is 0 Å². The molecule has 0 aromatic heterocycles. The van der Waals surface area contributed by atoms with E-state index < -0.39 is 0 Å². The minimum atomic E-state index is 0.113. The molecule has 0 aliphatic carbocycles. The fraction of sp³-hybridized carbons (Fsp3) is 0.500. The minimum absolute atomic E-state index is 0.113. The second-order valence-corrected chi connectivity index (χ2v) is 6.76. The molecule has 1 aliphatic rings. The van der Waals surface area contributed by atoms with Crippen molar-refractivity contribution in [2.24, 2.45) is 0 Å². The number of thioether (sulfide) groups is 1. The summed E-state index contributed by atoms with van der Waals surface area (Å²) in [5.74, 6) is 1.89. The average Bonchev–Trinajstić information content (AvgIpc) is 2.46. The second-order valence-electron chi connectivity index (χ2n) is 4.50. The van der Waals surface area contributed by atoms with Gasteiger partial charge in [0.1, 0.15) is 5.75 Å². The van der Waals surface area contributed by atoms with E-state index in [0.717, 1.165) is 41.0 Å². The van der Waals surface area contributed by atoms with Gasteiger partial charge in [-0.1, -0.05) is 6.92 Å². The van der Waals surface area contributed by atoms with Gasteiger partial charge in [-0.15, -0.1) is 0 Å². The van der Waals surface area contributed by atoms with E-state index in [1.165, 1.54) is 0 Å². The smallest absolute Gasteiger partial charge is 0.253 e. The van der Waals surface area contributed by atoms with Gasteiger partial charge in [-0.3, -0.25) is 4.79 Å². The molecule has 2 rings (SSSR count). The third-order valence-corrected chi connectivity index (χ3v) is 5.27. The molecule has 0 bridgehead atoms. The van der Waals surface area contributed by atoms with Crippen LogP contribution >= 0.6 is 27.7 Å². The lowest BCUT2D eigenvalue weighted by Gasteiger charge is -2.32. The Bertz CT molecular complexity index is 467. The Balaban J connectivity index is 2.12. The predicted molar refractivity (Wildman–Crippen MR) is 83.1 cm³/mol. The van der Waals surface area contributed by atoms with Crippen molar-refractivity contribution < 1.29 is 9.53 Å². The first-order chi connectivity index (χ1) is 9.15. The first-order valence-electron chi connectivity index (χ1n) is 6.40. The molecular formula is C14H18BrNO2S. The number of carbonyl (C=O) groups is 1. The van der Waals surface area contributed by atoms with Gasteiger partial charge < -0.3 is 9.64 Å². The van der Waals surface area contributed by atoms with Gasteiger partial charge in [0.05, 0.1) is 11.6 Å². The average molecular weight is 344 g/mol. The zero-order valence-corrected chi connectivity index (χ0v) is 13.6. The van der Waals surface area contributed by atoms with Gasteiger partial charge in [0.2, 0.25) is 0 Å². The number of methoxy groups -OCH3 is 1. The van der Waals surface area contributed by atoms with Gasteiger partial charge in [0.25, 0.3) is 5.91 Å². The first-order valence-corrected chi connectivity index (χ1v) is 8.24. The van der Waals surface area contributed by atoms with Crippen LogP contribution in [0.4, 0.5) is 0 Å². The Morgan fingerprint density at radius 2 is 2.37 bits per heavy atom. The van der Waals surface area contributed by atoms with Crippen LogP contribution in [-0.2, 0) is 0 Å². The molecule has 1 aromatic carbocycles. The number of hydrogen-bond acceptors (Lipinski definition) is 3. The monoisotopic (exact) mass is 343 g/mol. The summed E-state index contributed by atoms with van der Waals surface area (Å²) in [5, 5.41) is 0.569. The summed E-state index contributed by atoms with van der Waals surface area (Å²) in [6.07, 6.45) is 1.11. The Morgan fingerprint density at radius 1 is 1.58 bits per heavy atom. The van der Waals surface area contributed by atoms with Crippen LogP contribution in [0.15, 0.2) is 22.7 Å². The normalized spacial score (nSPS) is 19.3. The number of carbonyl (C=O) groups excluding carboxylic acids is 1. The van der Waals surface area contributed by atoms with Gasteiger partial charge in [-0.25, -0.2) is 0 Å². The van der Waals surface area contributed by atoms with Crippen molar-refractivity contribution in [2.45, 2.75) is 18.6 Å². The highest BCUT2D eigenvalue weighted by atomic mass is 79.9. The molecule has 19 heavy (non-hydrogen) atoms. The van der Waals surface area contributed by atoms with Crippen LogP contribution < -0.4 is 4.74 Å². The number of benzene rings is 1. The molecule has 0 N–H and O–H groups in total. The van der Waals surface area contributed by atoms with E-state index in [1.807, 2.05) is 34.9 Å². The Labute approximate surface area is 126 Å². The molecule has 0 saturated carbocycles. The van der Waals surface area contributed by atoms with Crippen LogP contribution in [0.5, 0.6) is 5.75 Å². The van der Waals surface area contributed by atoms with Crippen molar-refractivity contribution in [3.05, 3.63) is 28.2 Å². The number of halogens is 1. The summed E-state index contributed by atoms with van der Waals surface area (Å²) < 4.78 is 6.00. The molecule has 0 spiro atoms. The van der Waals surface area contributed by atoms with E-state index in [4.69, 9.17) is 4.74 Å². The van der Waals surface area contributed by atoms with Gasteiger partial charge in [-0.05, 0) is 40.5 Å². The summed E-state index contributed by atoms with van der Waals surface area (Å²) in [5.41, 5.74) is 0.717. The number of amides is 1. The molecule has 1 heterocycles. The molecule has 104 valence electrons. The minimum Gasteiger partial charge on any atom is -0.496 e. The number of nitrogens with zero attached hydrogens (tertiary/aromatic N) is 1. The summed E-state index contributed by atoms with van der Waals surface area (Å²) in [6.45, 7) is 3.86. The number of rotatable bonds is 3. The lowest BCUT2D eigenvalue weighted by molar-refractivity contribution is 0.0761. The maximum atomic E-state index is 12.5. The Morgan fingerprint density at radius 3 is 3.00 bits per heavy atom. The Hall–Kier alpha value is -0.680. The quantitative estimate of drug-likeness (QED) is 0.841. The maximum absolute atomic E-state index is 12.5. The van der Waals surface area contributed by atoms with Crippen LogP contribution in [-0.4, -0.2) is 42.0 Å². The van der Waals surface area contributed by atoms with Crippen LogP contribution in [0.2, 0.25) is 0 Å². The number of ether oxygens (including phenoxy) is 1. The van der Waals surface area contributed by atoms with E-state index in [1.54, 1.807) is 7.11 Å². The fourth-order valence-electron chi connectivity index (χ4n) is 2.13. The van der Waals surface area contributed by atoms with Crippen LogP contribution in [0.25, 0.3) is 0 Å². The van der Waals surface area contributed by atoms with E-state index in [0.29, 0.717) is 5.25 Å².